The van der Waals surface area contributed by atoms with Crippen molar-refractivity contribution < 1.29 is 13.2 Å². The van der Waals surface area contributed by atoms with Gasteiger partial charge in [-0.2, -0.15) is 13.2 Å². The lowest BCUT2D eigenvalue weighted by Crippen LogP contribution is -2.70. The van der Waals surface area contributed by atoms with Crippen LogP contribution < -0.4 is 11.5 Å². The molecule has 17 heavy (non-hydrogen) atoms. The molecule has 0 aliphatic heterocycles. The van der Waals surface area contributed by atoms with Gasteiger partial charge in [0.05, 0.1) is 17.3 Å². The Balaban J connectivity index is 1.85. The third kappa shape index (κ3) is 1.14. The maximum atomic E-state index is 12.7. The summed E-state index contributed by atoms with van der Waals surface area (Å²) in [4.78, 5) is 7.99. The van der Waals surface area contributed by atoms with Crippen molar-refractivity contribution >= 4 is 11.5 Å². The zero-order chi connectivity index (χ0) is 12.5. The van der Waals surface area contributed by atoms with E-state index in [9.17, 15) is 13.2 Å². The predicted octanol–water partition coefficient (Wildman–Crippen LogP) is 1.63. The fourth-order valence-corrected chi connectivity index (χ4v) is 2.99. The van der Waals surface area contributed by atoms with Gasteiger partial charge in [-0.15, -0.1) is 0 Å². The molecule has 92 valence electrons. The van der Waals surface area contributed by atoms with Crippen molar-refractivity contribution in [3.05, 3.63) is 12.0 Å². The van der Waals surface area contributed by atoms with Crippen molar-refractivity contribution in [2.45, 2.75) is 30.9 Å². The smallest absolute Gasteiger partial charge is 0.394 e. The zero-order valence-electron chi connectivity index (χ0n) is 8.88. The first-order valence-electron chi connectivity index (χ1n) is 5.23. The van der Waals surface area contributed by atoms with Crippen LogP contribution in [0, 0.1) is 5.41 Å². The number of anilines is 2. The summed E-state index contributed by atoms with van der Waals surface area (Å²) >= 11 is 0. The summed E-state index contributed by atoms with van der Waals surface area (Å²) in [6.07, 6.45) is -2.53. The molecule has 7 heteroatoms. The topological polar surface area (TPSA) is 77.8 Å². The Morgan fingerprint density at radius 2 is 1.76 bits per heavy atom. The first kappa shape index (κ1) is 10.6. The van der Waals surface area contributed by atoms with E-state index >= 15 is 0 Å². The fourth-order valence-electron chi connectivity index (χ4n) is 2.99. The van der Waals surface area contributed by atoms with Crippen molar-refractivity contribution in [3.63, 3.8) is 0 Å². The Kier molecular flexibility index (Phi) is 1.66. The molecule has 0 atom stereocenters. The largest absolute Gasteiger partial charge is 0.394 e. The van der Waals surface area contributed by atoms with Gasteiger partial charge < -0.3 is 11.5 Å². The molecular formula is C10H11F3N4. The van der Waals surface area contributed by atoms with Gasteiger partial charge in [0.1, 0.15) is 11.6 Å². The third-order valence-electron chi connectivity index (χ3n) is 3.95. The minimum absolute atomic E-state index is 0.0762. The molecule has 3 aliphatic rings. The minimum atomic E-state index is -4.12. The van der Waals surface area contributed by atoms with E-state index in [1.165, 1.54) is 6.20 Å². The van der Waals surface area contributed by atoms with Crippen LogP contribution in [-0.4, -0.2) is 16.1 Å². The fraction of sp³-hybridized carbons (Fsp3) is 0.600. The number of rotatable bonds is 1. The SMILES string of the molecule is Nc1cnc(C23CC(C(F)(F)F)(C2)C3)nc1N. The van der Waals surface area contributed by atoms with Crippen LogP contribution in [0.25, 0.3) is 0 Å². The van der Waals surface area contributed by atoms with Gasteiger partial charge in [0.2, 0.25) is 0 Å². The van der Waals surface area contributed by atoms with E-state index < -0.39 is 17.0 Å². The minimum Gasteiger partial charge on any atom is -0.394 e. The van der Waals surface area contributed by atoms with Crippen molar-refractivity contribution in [2.24, 2.45) is 5.41 Å². The predicted molar refractivity (Wildman–Crippen MR) is 54.9 cm³/mol. The summed E-state index contributed by atoms with van der Waals surface area (Å²) in [6, 6.07) is 0. The second kappa shape index (κ2) is 2.65. The van der Waals surface area contributed by atoms with Crippen LogP contribution in [0.1, 0.15) is 25.1 Å². The molecule has 4 rings (SSSR count). The number of halogens is 3. The first-order chi connectivity index (χ1) is 7.78. The Bertz CT molecular complexity index is 477. The van der Waals surface area contributed by atoms with Gasteiger partial charge in [0.15, 0.2) is 0 Å². The number of aromatic nitrogens is 2. The second-order valence-corrected chi connectivity index (χ2v) is 5.12. The highest BCUT2D eigenvalue weighted by molar-refractivity contribution is 5.56. The van der Waals surface area contributed by atoms with Gasteiger partial charge in [-0.3, -0.25) is 0 Å². The molecule has 0 aromatic carbocycles. The van der Waals surface area contributed by atoms with Crippen molar-refractivity contribution in [1.82, 2.24) is 9.97 Å². The molecule has 0 spiro atoms. The van der Waals surface area contributed by atoms with Crippen molar-refractivity contribution in [1.29, 1.82) is 0 Å². The quantitative estimate of drug-likeness (QED) is 0.787. The van der Waals surface area contributed by atoms with Crippen LogP contribution in [0.2, 0.25) is 0 Å². The van der Waals surface area contributed by atoms with Gasteiger partial charge in [0, 0.05) is 5.41 Å². The summed E-state index contributed by atoms with van der Waals surface area (Å²) in [5.74, 6) is 0.538. The van der Waals surface area contributed by atoms with Gasteiger partial charge >= 0.3 is 6.18 Å². The summed E-state index contributed by atoms with van der Waals surface area (Å²) < 4.78 is 38.0. The molecule has 1 heterocycles. The van der Waals surface area contributed by atoms with E-state index in [2.05, 4.69) is 9.97 Å². The van der Waals surface area contributed by atoms with Crippen molar-refractivity contribution in [3.8, 4) is 0 Å². The van der Waals surface area contributed by atoms with Crippen molar-refractivity contribution in [2.75, 3.05) is 11.5 Å². The molecule has 4 N–H and O–H groups in total. The van der Waals surface area contributed by atoms with Gasteiger partial charge in [0.25, 0.3) is 0 Å². The van der Waals surface area contributed by atoms with E-state index in [0.717, 1.165) is 0 Å². The average molecular weight is 244 g/mol. The molecule has 4 nitrogen and oxygen atoms in total. The highest BCUT2D eigenvalue weighted by Crippen LogP contribution is 2.78. The number of hydrogen-bond acceptors (Lipinski definition) is 4. The normalized spacial score (nSPS) is 35.0. The van der Waals surface area contributed by atoms with Gasteiger partial charge in [-0.25, -0.2) is 9.97 Å². The monoisotopic (exact) mass is 244 g/mol. The van der Waals surface area contributed by atoms with E-state index in [0.29, 0.717) is 5.82 Å². The zero-order valence-corrected chi connectivity index (χ0v) is 8.88. The van der Waals surface area contributed by atoms with E-state index in [1.54, 1.807) is 0 Å². The van der Waals surface area contributed by atoms with Crippen LogP contribution in [0.5, 0.6) is 0 Å². The average Bonchev–Trinajstić information content (AvgIpc) is 2.03. The Morgan fingerprint density at radius 1 is 1.18 bits per heavy atom. The van der Waals surface area contributed by atoms with E-state index in [-0.39, 0.29) is 30.8 Å². The molecule has 1 aromatic heterocycles. The number of nitrogen functional groups attached to an aromatic ring is 2. The Morgan fingerprint density at radius 3 is 2.24 bits per heavy atom. The third-order valence-corrected chi connectivity index (χ3v) is 3.95. The number of nitrogens with two attached hydrogens (primary N) is 2. The summed E-state index contributed by atoms with van der Waals surface area (Å²) in [7, 11) is 0. The van der Waals surface area contributed by atoms with Gasteiger partial charge in [-0.05, 0) is 19.3 Å². The molecule has 3 saturated carbocycles. The molecule has 0 amide bonds. The molecule has 1 aromatic rings. The molecule has 0 saturated heterocycles. The summed E-state index contributed by atoms with van der Waals surface area (Å²) in [5, 5.41) is 0. The Labute approximate surface area is 95.2 Å². The molecule has 0 unspecified atom stereocenters. The number of alkyl halides is 3. The van der Waals surface area contributed by atoms with E-state index in [4.69, 9.17) is 11.5 Å². The number of hydrogen-bond donors (Lipinski definition) is 2. The number of nitrogens with zero attached hydrogens (tertiary/aromatic N) is 2. The molecule has 0 radical (unpaired) electrons. The molecular weight excluding hydrogens is 233 g/mol. The van der Waals surface area contributed by atoms with Crippen LogP contribution in [-0.2, 0) is 5.41 Å². The maximum absolute atomic E-state index is 12.7. The van der Waals surface area contributed by atoms with Crippen LogP contribution in [0.4, 0.5) is 24.7 Å². The van der Waals surface area contributed by atoms with Crippen LogP contribution in [0.3, 0.4) is 0 Å². The standard InChI is InChI=1S/C10H11F3N4/c11-10(12,13)9-2-8(3-9,4-9)7-16-1-5(14)6(15)17-7/h1H,2-4,14H2,(H2,15,16,17). The Hall–Kier alpha value is -1.53. The highest BCUT2D eigenvalue weighted by Gasteiger charge is 2.79. The van der Waals surface area contributed by atoms with E-state index in [1.807, 2.05) is 0 Å². The first-order valence-corrected chi connectivity index (χ1v) is 5.23. The molecule has 3 fully saturated rings. The lowest BCUT2D eigenvalue weighted by molar-refractivity contribution is -0.338. The highest BCUT2D eigenvalue weighted by atomic mass is 19.4. The lowest BCUT2D eigenvalue weighted by atomic mass is 9.34. The summed E-state index contributed by atoms with van der Waals surface area (Å²) in [6.45, 7) is 0. The van der Waals surface area contributed by atoms with Crippen LogP contribution in [0.15, 0.2) is 6.20 Å². The van der Waals surface area contributed by atoms with Gasteiger partial charge in [-0.1, -0.05) is 0 Å². The summed E-state index contributed by atoms with van der Waals surface area (Å²) in [5.41, 5.74) is 9.25. The maximum Gasteiger partial charge on any atom is 0.394 e. The van der Waals surface area contributed by atoms with Crippen LogP contribution >= 0.6 is 0 Å². The lowest BCUT2D eigenvalue weighted by Gasteiger charge is -2.69. The molecule has 3 aliphatic carbocycles. The molecule has 2 bridgehead atoms. The second-order valence-electron chi connectivity index (χ2n) is 5.12.